The maximum absolute atomic E-state index is 5.54. The molecule has 1 aliphatic carbocycles. The van der Waals surface area contributed by atoms with Crippen molar-refractivity contribution in [3.8, 4) is 0 Å². The first kappa shape index (κ1) is 14.9. The maximum Gasteiger partial charge on any atom is 0.205 e. The van der Waals surface area contributed by atoms with E-state index in [1.165, 1.54) is 31.2 Å². The molecule has 4 nitrogen and oxygen atoms in total. The van der Waals surface area contributed by atoms with Crippen molar-refractivity contribution in [2.45, 2.75) is 51.0 Å². The average Bonchev–Trinajstić information content (AvgIpc) is 3.00. The quantitative estimate of drug-likeness (QED) is 0.335. The fourth-order valence-electron chi connectivity index (χ4n) is 2.71. The minimum atomic E-state index is 0.519. The Morgan fingerprint density at radius 2 is 2.00 bits per heavy atom. The number of nitrogens with zero attached hydrogens (tertiary/aromatic N) is 1. The van der Waals surface area contributed by atoms with Crippen LogP contribution in [0.4, 0.5) is 0 Å². The van der Waals surface area contributed by atoms with Crippen molar-refractivity contribution in [2.24, 2.45) is 10.8 Å². The molecule has 0 saturated heterocycles. The molecule has 20 heavy (non-hydrogen) atoms. The van der Waals surface area contributed by atoms with E-state index in [0.29, 0.717) is 12.0 Å². The summed E-state index contributed by atoms with van der Waals surface area (Å²) in [6, 6.07) is 11.1. The summed E-state index contributed by atoms with van der Waals surface area (Å²) >= 11 is 0. The molecular weight excluding hydrogens is 248 g/mol. The van der Waals surface area contributed by atoms with Gasteiger partial charge in [0, 0.05) is 12.6 Å². The van der Waals surface area contributed by atoms with Crippen molar-refractivity contribution >= 4 is 5.96 Å². The third-order valence-electron chi connectivity index (χ3n) is 4.03. The van der Waals surface area contributed by atoms with Crippen LogP contribution in [-0.2, 0) is 0 Å². The SMILES string of the molecule is CC(CCN=C(NN)NC1CCCC1)c1ccccc1. The molecule has 0 aliphatic heterocycles. The van der Waals surface area contributed by atoms with Gasteiger partial charge in [0.2, 0.25) is 5.96 Å². The molecule has 1 saturated carbocycles. The molecular formula is C16H26N4. The van der Waals surface area contributed by atoms with Gasteiger partial charge in [-0.15, -0.1) is 0 Å². The molecule has 4 heteroatoms. The molecule has 0 spiro atoms. The lowest BCUT2D eigenvalue weighted by Crippen LogP contribution is -2.45. The van der Waals surface area contributed by atoms with Crippen molar-refractivity contribution in [2.75, 3.05) is 6.54 Å². The summed E-state index contributed by atoms with van der Waals surface area (Å²) in [5.41, 5.74) is 4.05. The van der Waals surface area contributed by atoms with E-state index in [9.17, 15) is 0 Å². The van der Waals surface area contributed by atoms with E-state index in [-0.39, 0.29) is 0 Å². The Kier molecular flexibility index (Phi) is 5.87. The van der Waals surface area contributed by atoms with Crippen LogP contribution in [0.1, 0.15) is 50.5 Å². The van der Waals surface area contributed by atoms with Gasteiger partial charge in [-0.3, -0.25) is 10.4 Å². The van der Waals surface area contributed by atoms with E-state index < -0.39 is 0 Å². The zero-order valence-electron chi connectivity index (χ0n) is 12.3. The predicted octanol–water partition coefficient (Wildman–Crippen LogP) is 2.53. The number of hydrazine groups is 1. The summed E-state index contributed by atoms with van der Waals surface area (Å²) in [5, 5.41) is 3.39. The van der Waals surface area contributed by atoms with Gasteiger partial charge in [0.25, 0.3) is 0 Å². The number of rotatable bonds is 5. The second-order valence-corrected chi connectivity index (χ2v) is 5.60. The molecule has 1 aromatic carbocycles. The Morgan fingerprint density at radius 3 is 2.65 bits per heavy atom. The van der Waals surface area contributed by atoms with Crippen LogP contribution in [0.5, 0.6) is 0 Å². The smallest absolute Gasteiger partial charge is 0.205 e. The van der Waals surface area contributed by atoms with Gasteiger partial charge in [-0.05, 0) is 30.7 Å². The molecule has 0 aromatic heterocycles. The number of nitrogens with one attached hydrogen (secondary N) is 2. The van der Waals surface area contributed by atoms with Crippen molar-refractivity contribution in [3.63, 3.8) is 0 Å². The number of guanidine groups is 1. The molecule has 1 aliphatic rings. The zero-order chi connectivity index (χ0) is 14.2. The molecule has 2 rings (SSSR count). The first-order valence-corrected chi connectivity index (χ1v) is 7.62. The molecule has 110 valence electrons. The van der Waals surface area contributed by atoms with E-state index in [2.05, 4.69) is 53.0 Å². The highest BCUT2D eigenvalue weighted by Gasteiger charge is 2.15. The fourth-order valence-corrected chi connectivity index (χ4v) is 2.71. The Bertz CT molecular complexity index is 410. The van der Waals surface area contributed by atoms with E-state index in [1.807, 2.05) is 0 Å². The number of hydrogen-bond acceptors (Lipinski definition) is 2. The summed E-state index contributed by atoms with van der Waals surface area (Å²) in [4.78, 5) is 4.54. The first-order chi connectivity index (χ1) is 9.79. The molecule has 0 amide bonds. The first-order valence-electron chi connectivity index (χ1n) is 7.62. The lowest BCUT2D eigenvalue weighted by molar-refractivity contribution is 0.610. The van der Waals surface area contributed by atoms with Crippen LogP contribution < -0.4 is 16.6 Å². The van der Waals surface area contributed by atoms with Gasteiger partial charge in [-0.1, -0.05) is 50.1 Å². The summed E-state index contributed by atoms with van der Waals surface area (Å²) in [6.45, 7) is 3.03. The van der Waals surface area contributed by atoms with Crippen LogP contribution in [0.3, 0.4) is 0 Å². The largest absolute Gasteiger partial charge is 0.353 e. The molecule has 0 heterocycles. The Hall–Kier alpha value is -1.55. The van der Waals surface area contributed by atoms with Gasteiger partial charge < -0.3 is 5.32 Å². The van der Waals surface area contributed by atoms with E-state index in [1.54, 1.807) is 0 Å². The van der Waals surface area contributed by atoms with Crippen molar-refractivity contribution < 1.29 is 0 Å². The summed E-state index contributed by atoms with van der Waals surface area (Å²) < 4.78 is 0. The highest BCUT2D eigenvalue weighted by molar-refractivity contribution is 5.79. The lowest BCUT2D eigenvalue weighted by Gasteiger charge is -2.15. The van der Waals surface area contributed by atoms with Gasteiger partial charge in [-0.25, -0.2) is 5.84 Å². The van der Waals surface area contributed by atoms with Gasteiger partial charge in [0.15, 0.2) is 0 Å². The van der Waals surface area contributed by atoms with Crippen LogP contribution in [0.15, 0.2) is 35.3 Å². The number of aliphatic imine (C=N–C) groups is 1. The highest BCUT2D eigenvalue weighted by Crippen LogP contribution is 2.19. The van der Waals surface area contributed by atoms with Crippen molar-refractivity contribution in [1.29, 1.82) is 0 Å². The average molecular weight is 274 g/mol. The topological polar surface area (TPSA) is 62.4 Å². The van der Waals surface area contributed by atoms with E-state index >= 15 is 0 Å². The summed E-state index contributed by atoms with van der Waals surface area (Å²) in [6.07, 6.45) is 6.09. The Balaban J connectivity index is 1.78. The van der Waals surface area contributed by atoms with E-state index in [4.69, 9.17) is 5.84 Å². The zero-order valence-corrected chi connectivity index (χ0v) is 12.3. The van der Waals surface area contributed by atoms with Crippen molar-refractivity contribution in [3.05, 3.63) is 35.9 Å². The molecule has 1 unspecified atom stereocenters. The van der Waals surface area contributed by atoms with Crippen LogP contribution in [-0.4, -0.2) is 18.5 Å². The number of nitrogens with two attached hydrogens (primary N) is 1. The molecule has 1 atom stereocenters. The van der Waals surface area contributed by atoms with Crippen LogP contribution in [0, 0.1) is 0 Å². The standard InChI is InChI=1S/C16H26N4/c1-13(14-7-3-2-4-8-14)11-12-18-16(20-17)19-15-9-5-6-10-15/h2-4,7-8,13,15H,5-6,9-12,17H2,1H3,(H2,18,19,20). The van der Waals surface area contributed by atoms with Gasteiger partial charge >= 0.3 is 0 Å². The highest BCUT2D eigenvalue weighted by atomic mass is 15.3. The fraction of sp³-hybridized carbons (Fsp3) is 0.562. The maximum atomic E-state index is 5.54. The lowest BCUT2D eigenvalue weighted by atomic mass is 9.98. The minimum absolute atomic E-state index is 0.519. The molecule has 0 bridgehead atoms. The second-order valence-electron chi connectivity index (χ2n) is 5.60. The third-order valence-corrected chi connectivity index (χ3v) is 4.03. The van der Waals surface area contributed by atoms with Crippen LogP contribution in [0.25, 0.3) is 0 Å². The predicted molar refractivity (Wildman–Crippen MR) is 84.5 cm³/mol. The summed E-state index contributed by atoms with van der Waals surface area (Å²) in [7, 11) is 0. The molecule has 1 aromatic rings. The molecule has 1 fully saturated rings. The van der Waals surface area contributed by atoms with E-state index in [0.717, 1.165) is 18.9 Å². The number of benzene rings is 1. The minimum Gasteiger partial charge on any atom is -0.353 e. The summed E-state index contributed by atoms with van der Waals surface area (Å²) in [5.74, 6) is 6.79. The monoisotopic (exact) mass is 274 g/mol. The normalized spacial score (nSPS) is 18.0. The number of hydrogen-bond donors (Lipinski definition) is 3. The van der Waals surface area contributed by atoms with Gasteiger partial charge in [0.05, 0.1) is 0 Å². The van der Waals surface area contributed by atoms with Crippen molar-refractivity contribution in [1.82, 2.24) is 10.7 Å². The molecule has 4 N–H and O–H groups in total. The van der Waals surface area contributed by atoms with Crippen LogP contribution >= 0.6 is 0 Å². The second kappa shape index (κ2) is 7.90. The Morgan fingerprint density at radius 1 is 1.30 bits per heavy atom. The Labute approximate surface area is 121 Å². The van der Waals surface area contributed by atoms with Gasteiger partial charge in [-0.2, -0.15) is 0 Å². The molecule has 0 radical (unpaired) electrons. The third kappa shape index (κ3) is 4.53. The van der Waals surface area contributed by atoms with Crippen LogP contribution in [0.2, 0.25) is 0 Å². The van der Waals surface area contributed by atoms with Gasteiger partial charge in [0.1, 0.15) is 0 Å².